The van der Waals surface area contributed by atoms with Crippen LogP contribution in [0.2, 0.25) is 0 Å². The van der Waals surface area contributed by atoms with Gasteiger partial charge in [-0.3, -0.25) is 0 Å². The van der Waals surface area contributed by atoms with Crippen molar-refractivity contribution >= 4 is 0 Å². The zero-order valence-electron chi connectivity index (χ0n) is 6.53. The maximum absolute atomic E-state index is 5.30. The summed E-state index contributed by atoms with van der Waals surface area (Å²) in [5.41, 5.74) is 1.24. The van der Waals surface area contributed by atoms with Crippen molar-refractivity contribution in [2.45, 2.75) is 12.3 Å². The van der Waals surface area contributed by atoms with Gasteiger partial charge in [-0.2, -0.15) is 0 Å². The molecule has 0 fully saturated rings. The first kappa shape index (κ1) is 8.06. The van der Waals surface area contributed by atoms with E-state index in [2.05, 4.69) is 19.1 Å². The first-order chi connectivity index (χ1) is 5.34. The van der Waals surface area contributed by atoms with Crippen LogP contribution in [0, 0.1) is 13.5 Å². The molecule has 0 nitrogen and oxygen atoms in total. The van der Waals surface area contributed by atoms with Gasteiger partial charge in [0.2, 0.25) is 0 Å². The van der Waals surface area contributed by atoms with Crippen molar-refractivity contribution in [3.8, 4) is 0 Å². The lowest BCUT2D eigenvalue weighted by atomic mass is 9.98. The van der Waals surface area contributed by atoms with E-state index in [4.69, 9.17) is 6.58 Å². The maximum atomic E-state index is 5.30. The summed E-state index contributed by atoms with van der Waals surface area (Å²) in [4.78, 5) is 0. The van der Waals surface area contributed by atoms with Gasteiger partial charge in [0.05, 0.1) is 0 Å². The highest BCUT2D eigenvalue weighted by Gasteiger charge is 2.00. The van der Waals surface area contributed by atoms with E-state index >= 15 is 0 Å². The highest BCUT2D eigenvalue weighted by Crippen LogP contribution is 2.17. The zero-order valence-corrected chi connectivity index (χ0v) is 6.53. The molecule has 1 aromatic rings. The molecule has 0 saturated heterocycles. The summed E-state index contributed by atoms with van der Waals surface area (Å²) >= 11 is 0. The van der Waals surface area contributed by atoms with Gasteiger partial charge in [0, 0.05) is 0 Å². The van der Waals surface area contributed by atoms with Crippen LogP contribution in [0.15, 0.2) is 36.4 Å². The molecule has 0 saturated carbocycles. The molecule has 0 bridgehead atoms. The molecule has 0 aromatic heterocycles. The highest BCUT2D eigenvalue weighted by atomic mass is 14.0. The monoisotopic (exact) mass is 144 g/mol. The normalized spacial score (nSPS) is 12.5. The standard InChI is InChI=1S/C11H12/c1-3-7-10(2)11-8-5-4-6-9-11/h1,3-6,8-10H,2,7H2. The fraction of sp³-hybridized carbons (Fsp3) is 0.182. The third kappa shape index (κ3) is 2.23. The van der Waals surface area contributed by atoms with Crippen molar-refractivity contribution < 1.29 is 0 Å². The lowest BCUT2D eigenvalue weighted by Gasteiger charge is -2.07. The quantitative estimate of drug-likeness (QED) is 0.611. The van der Waals surface area contributed by atoms with Crippen molar-refractivity contribution in [2.24, 2.45) is 0 Å². The van der Waals surface area contributed by atoms with Crippen molar-refractivity contribution in [3.05, 3.63) is 55.5 Å². The Morgan fingerprint density at radius 1 is 1.36 bits per heavy atom. The van der Waals surface area contributed by atoms with Crippen LogP contribution in [0.3, 0.4) is 0 Å². The minimum absolute atomic E-state index is 0.293. The van der Waals surface area contributed by atoms with Crippen molar-refractivity contribution in [1.29, 1.82) is 0 Å². The Morgan fingerprint density at radius 2 is 2.00 bits per heavy atom. The Balaban J connectivity index is 2.68. The molecule has 2 radical (unpaired) electrons. The van der Waals surface area contributed by atoms with Crippen LogP contribution in [0.5, 0.6) is 0 Å². The molecule has 11 heavy (non-hydrogen) atoms. The second kappa shape index (κ2) is 3.97. The van der Waals surface area contributed by atoms with E-state index in [0.717, 1.165) is 6.42 Å². The molecule has 0 N–H and O–H groups in total. The first-order valence-electron chi connectivity index (χ1n) is 3.76. The number of allylic oxidation sites excluding steroid dienone is 1. The number of benzene rings is 1. The average molecular weight is 144 g/mol. The minimum atomic E-state index is 0.293. The first-order valence-corrected chi connectivity index (χ1v) is 3.76. The van der Waals surface area contributed by atoms with E-state index < -0.39 is 0 Å². The van der Waals surface area contributed by atoms with Gasteiger partial charge in [0.15, 0.2) is 0 Å². The summed E-state index contributed by atoms with van der Waals surface area (Å²) in [6.07, 6.45) is 2.49. The molecule has 0 amide bonds. The topological polar surface area (TPSA) is 0 Å². The zero-order chi connectivity index (χ0) is 8.10. The van der Waals surface area contributed by atoms with Crippen LogP contribution in [0.4, 0.5) is 0 Å². The van der Waals surface area contributed by atoms with Gasteiger partial charge >= 0.3 is 0 Å². The van der Waals surface area contributed by atoms with Gasteiger partial charge in [0.1, 0.15) is 0 Å². The molecule has 0 aliphatic rings. The molecule has 56 valence electrons. The predicted octanol–water partition coefficient (Wildman–Crippen LogP) is 2.98. The summed E-state index contributed by atoms with van der Waals surface area (Å²) in [5, 5.41) is 0. The molecule has 1 rings (SSSR count). The van der Waals surface area contributed by atoms with E-state index in [1.165, 1.54) is 5.56 Å². The second-order valence-corrected chi connectivity index (χ2v) is 2.58. The lowest BCUT2D eigenvalue weighted by molar-refractivity contribution is 0.860. The Hall–Kier alpha value is -1.04. The fourth-order valence-corrected chi connectivity index (χ4v) is 1.03. The van der Waals surface area contributed by atoms with E-state index in [-0.39, 0.29) is 0 Å². The second-order valence-electron chi connectivity index (χ2n) is 2.58. The number of hydrogen-bond acceptors (Lipinski definition) is 0. The summed E-state index contributed by atoms with van der Waals surface area (Å²) in [5.74, 6) is 0.293. The number of rotatable bonds is 3. The van der Waals surface area contributed by atoms with Crippen LogP contribution in [0.1, 0.15) is 17.9 Å². The van der Waals surface area contributed by atoms with Crippen LogP contribution >= 0.6 is 0 Å². The Bertz CT molecular complexity index is 211. The summed E-state index contributed by atoms with van der Waals surface area (Å²) in [6.45, 7) is 9.29. The van der Waals surface area contributed by atoms with Crippen LogP contribution in [0.25, 0.3) is 0 Å². The lowest BCUT2D eigenvalue weighted by Crippen LogP contribution is -1.90. The van der Waals surface area contributed by atoms with Crippen molar-refractivity contribution in [2.75, 3.05) is 0 Å². The Morgan fingerprint density at radius 3 is 2.55 bits per heavy atom. The predicted molar refractivity (Wildman–Crippen MR) is 48.0 cm³/mol. The smallest absolute Gasteiger partial charge is 0.0127 e. The molecule has 0 spiro atoms. The van der Waals surface area contributed by atoms with Crippen LogP contribution in [-0.4, -0.2) is 0 Å². The van der Waals surface area contributed by atoms with E-state index in [1.54, 1.807) is 6.08 Å². The SMILES string of the molecule is [CH]=CCC([CH2])c1ccccc1. The maximum Gasteiger partial charge on any atom is -0.0127 e. The van der Waals surface area contributed by atoms with Gasteiger partial charge in [-0.15, -0.1) is 0 Å². The van der Waals surface area contributed by atoms with E-state index in [9.17, 15) is 0 Å². The molecule has 1 unspecified atom stereocenters. The van der Waals surface area contributed by atoms with Crippen LogP contribution < -0.4 is 0 Å². The van der Waals surface area contributed by atoms with Crippen LogP contribution in [-0.2, 0) is 0 Å². The van der Waals surface area contributed by atoms with Gasteiger partial charge in [0.25, 0.3) is 0 Å². The average Bonchev–Trinajstić information content (AvgIpc) is 2.07. The third-order valence-corrected chi connectivity index (χ3v) is 1.69. The molecular weight excluding hydrogens is 132 g/mol. The highest BCUT2D eigenvalue weighted by molar-refractivity contribution is 5.20. The van der Waals surface area contributed by atoms with Gasteiger partial charge < -0.3 is 0 Å². The largest absolute Gasteiger partial charge is 0.0839 e. The van der Waals surface area contributed by atoms with Crippen molar-refractivity contribution in [3.63, 3.8) is 0 Å². The van der Waals surface area contributed by atoms with Gasteiger partial charge in [-0.05, 0) is 24.8 Å². The fourth-order valence-electron chi connectivity index (χ4n) is 1.03. The summed E-state index contributed by atoms with van der Waals surface area (Å²) in [6, 6.07) is 10.2. The molecular formula is C11H12. The molecule has 1 atom stereocenters. The Labute approximate surface area is 68.6 Å². The van der Waals surface area contributed by atoms with Gasteiger partial charge in [-0.25, -0.2) is 0 Å². The molecule has 0 aliphatic heterocycles. The molecule has 0 heterocycles. The van der Waals surface area contributed by atoms with E-state index in [0.29, 0.717) is 5.92 Å². The molecule has 1 aromatic carbocycles. The third-order valence-electron chi connectivity index (χ3n) is 1.69. The minimum Gasteiger partial charge on any atom is -0.0839 e. The summed E-state index contributed by atoms with van der Waals surface area (Å²) in [7, 11) is 0. The molecule has 0 heteroatoms. The number of hydrogen-bond donors (Lipinski definition) is 0. The molecule has 0 aliphatic carbocycles. The van der Waals surface area contributed by atoms with Crippen molar-refractivity contribution in [1.82, 2.24) is 0 Å². The van der Waals surface area contributed by atoms with Gasteiger partial charge in [-0.1, -0.05) is 43.0 Å². The Kier molecular flexibility index (Phi) is 2.91. The van der Waals surface area contributed by atoms with E-state index in [1.807, 2.05) is 18.2 Å². The summed E-state index contributed by atoms with van der Waals surface area (Å²) < 4.78 is 0.